The molecule has 0 unspecified atom stereocenters. The lowest BCUT2D eigenvalue weighted by molar-refractivity contribution is -0.139. The van der Waals surface area contributed by atoms with Crippen LogP contribution in [-0.2, 0) is 15.7 Å². The average molecular weight is 274 g/mol. The molecule has 0 N–H and O–H groups in total. The number of rotatable bonds is 4. The molecule has 0 atom stereocenters. The quantitative estimate of drug-likeness (QED) is 0.790. The number of carbonyl (C=O) groups excluding carboxylic acids is 1. The summed E-state index contributed by atoms with van der Waals surface area (Å²) in [4.78, 5) is 10.9. The van der Waals surface area contributed by atoms with Crippen LogP contribution in [-0.4, -0.2) is 20.2 Å². The fourth-order valence-corrected chi connectivity index (χ4v) is 1.37. The van der Waals surface area contributed by atoms with Crippen molar-refractivity contribution >= 4 is 12.0 Å². The smallest absolute Gasteiger partial charge is 0.416 e. The van der Waals surface area contributed by atoms with Crippen LogP contribution in [0.25, 0.3) is 6.08 Å². The van der Waals surface area contributed by atoms with Gasteiger partial charge in [0.1, 0.15) is 5.75 Å². The number of methoxy groups -OCH3 is 2. The Bertz CT molecular complexity index is 479. The van der Waals surface area contributed by atoms with Crippen LogP contribution in [0.5, 0.6) is 5.75 Å². The Kier molecular flexibility index (Phi) is 4.97. The zero-order valence-electron chi connectivity index (χ0n) is 10.5. The van der Waals surface area contributed by atoms with E-state index in [-0.39, 0.29) is 12.2 Å². The largest absolute Gasteiger partial charge is 0.497 e. The van der Waals surface area contributed by atoms with Gasteiger partial charge in [-0.1, -0.05) is 12.2 Å². The van der Waals surface area contributed by atoms with Crippen molar-refractivity contribution in [1.29, 1.82) is 0 Å². The summed E-state index contributed by atoms with van der Waals surface area (Å²) in [6.45, 7) is 0. The van der Waals surface area contributed by atoms with E-state index < -0.39 is 17.7 Å². The molecule has 19 heavy (non-hydrogen) atoms. The number of hydrogen-bond acceptors (Lipinski definition) is 3. The fourth-order valence-electron chi connectivity index (χ4n) is 1.37. The van der Waals surface area contributed by atoms with Crippen LogP contribution >= 0.6 is 0 Å². The Morgan fingerprint density at radius 3 is 2.47 bits per heavy atom. The maximum Gasteiger partial charge on any atom is 0.416 e. The van der Waals surface area contributed by atoms with Crippen molar-refractivity contribution in [1.82, 2.24) is 0 Å². The van der Waals surface area contributed by atoms with Gasteiger partial charge in [-0.05, 0) is 23.8 Å². The van der Waals surface area contributed by atoms with E-state index in [9.17, 15) is 18.0 Å². The SMILES string of the molecule is COC(=O)CC=Cc1cc(OC)cc(C(F)(F)F)c1. The predicted octanol–water partition coefficient (Wildman–Crippen LogP) is 3.29. The Hall–Kier alpha value is -1.98. The van der Waals surface area contributed by atoms with Gasteiger partial charge in [-0.25, -0.2) is 0 Å². The van der Waals surface area contributed by atoms with E-state index in [1.165, 1.54) is 32.4 Å². The summed E-state index contributed by atoms with van der Waals surface area (Å²) in [6.07, 6.45) is -1.61. The van der Waals surface area contributed by atoms with Crippen LogP contribution < -0.4 is 4.74 Å². The van der Waals surface area contributed by atoms with Gasteiger partial charge in [-0.2, -0.15) is 13.2 Å². The summed E-state index contributed by atoms with van der Waals surface area (Å²) >= 11 is 0. The van der Waals surface area contributed by atoms with Crippen LogP contribution in [0.2, 0.25) is 0 Å². The molecular formula is C13H13F3O3. The molecular weight excluding hydrogens is 261 g/mol. The van der Waals surface area contributed by atoms with Gasteiger partial charge in [0.15, 0.2) is 0 Å². The Morgan fingerprint density at radius 1 is 1.26 bits per heavy atom. The lowest BCUT2D eigenvalue weighted by Gasteiger charge is -2.10. The van der Waals surface area contributed by atoms with Crippen LogP contribution in [0.4, 0.5) is 13.2 Å². The van der Waals surface area contributed by atoms with Crippen LogP contribution in [0, 0.1) is 0 Å². The van der Waals surface area contributed by atoms with E-state index in [1.54, 1.807) is 0 Å². The molecule has 1 aromatic rings. The van der Waals surface area contributed by atoms with Gasteiger partial charge in [0, 0.05) is 0 Å². The third-order valence-electron chi connectivity index (χ3n) is 2.31. The molecule has 0 aromatic heterocycles. The number of esters is 1. The highest BCUT2D eigenvalue weighted by molar-refractivity contribution is 5.72. The summed E-state index contributed by atoms with van der Waals surface area (Å²) in [6, 6.07) is 3.34. The lowest BCUT2D eigenvalue weighted by Crippen LogP contribution is -2.05. The van der Waals surface area contributed by atoms with Gasteiger partial charge in [0.05, 0.1) is 26.2 Å². The number of benzene rings is 1. The summed E-state index contributed by atoms with van der Waals surface area (Å²) in [5.41, 5.74) is -0.500. The van der Waals surface area contributed by atoms with Gasteiger partial charge < -0.3 is 9.47 Å². The van der Waals surface area contributed by atoms with E-state index in [2.05, 4.69) is 4.74 Å². The Labute approximate surface area is 108 Å². The highest BCUT2D eigenvalue weighted by Gasteiger charge is 2.31. The van der Waals surface area contributed by atoms with Crippen molar-refractivity contribution in [2.24, 2.45) is 0 Å². The first kappa shape index (κ1) is 15.1. The highest BCUT2D eigenvalue weighted by atomic mass is 19.4. The molecule has 0 saturated carbocycles. The second-order valence-electron chi connectivity index (χ2n) is 3.68. The van der Waals surface area contributed by atoms with Crippen LogP contribution in [0.1, 0.15) is 17.5 Å². The minimum atomic E-state index is -4.44. The number of halogens is 3. The summed E-state index contributed by atoms with van der Waals surface area (Å²) in [5, 5.41) is 0. The van der Waals surface area contributed by atoms with E-state index >= 15 is 0 Å². The van der Waals surface area contributed by atoms with E-state index in [0.717, 1.165) is 12.1 Å². The topological polar surface area (TPSA) is 35.5 Å². The standard InChI is InChI=1S/C13H13F3O3/c1-18-11-7-9(4-3-5-12(17)19-2)6-10(8-11)13(14,15)16/h3-4,6-8H,5H2,1-2H3. The normalized spacial score (nSPS) is 11.6. The Morgan fingerprint density at radius 2 is 1.95 bits per heavy atom. The monoisotopic (exact) mass is 274 g/mol. The molecule has 0 bridgehead atoms. The molecule has 0 fully saturated rings. The number of hydrogen-bond donors (Lipinski definition) is 0. The van der Waals surface area contributed by atoms with Crippen molar-refractivity contribution in [3.63, 3.8) is 0 Å². The van der Waals surface area contributed by atoms with E-state index in [0.29, 0.717) is 5.56 Å². The van der Waals surface area contributed by atoms with Gasteiger partial charge in [0.25, 0.3) is 0 Å². The van der Waals surface area contributed by atoms with Gasteiger partial charge in [-0.15, -0.1) is 0 Å². The summed E-state index contributed by atoms with van der Waals surface area (Å²) in [5.74, 6) is -0.359. The molecule has 0 spiro atoms. The molecule has 0 aliphatic heterocycles. The van der Waals surface area contributed by atoms with Crippen LogP contribution in [0.3, 0.4) is 0 Å². The fraction of sp³-hybridized carbons (Fsp3) is 0.308. The minimum Gasteiger partial charge on any atom is -0.497 e. The van der Waals surface area contributed by atoms with E-state index in [1.807, 2.05) is 0 Å². The summed E-state index contributed by atoms with van der Waals surface area (Å²) < 4.78 is 47.1. The van der Waals surface area contributed by atoms with Crippen molar-refractivity contribution in [3.05, 3.63) is 35.4 Å². The van der Waals surface area contributed by atoms with Crippen molar-refractivity contribution in [2.75, 3.05) is 14.2 Å². The maximum absolute atomic E-state index is 12.6. The third kappa shape index (κ3) is 4.65. The maximum atomic E-state index is 12.6. The molecule has 104 valence electrons. The van der Waals surface area contributed by atoms with Gasteiger partial charge in [-0.3, -0.25) is 4.79 Å². The van der Waals surface area contributed by atoms with Crippen molar-refractivity contribution in [2.45, 2.75) is 12.6 Å². The van der Waals surface area contributed by atoms with Crippen LogP contribution in [0.15, 0.2) is 24.3 Å². The second kappa shape index (κ2) is 6.26. The molecule has 0 heterocycles. The zero-order valence-corrected chi connectivity index (χ0v) is 10.5. The summed E-state index contributed by atoms with van der Waals surface area (Å²) in [7, 11) is 2.53. The second-order valence-corrected chi connectivity index (χ2v) is 3.68. The van der Waals surface area contributed by atoms with E-state index in [4.69, 9.17) is 4.74 Å². The average Bonchev–Trinajstić information content (AvgIpc) is 2.37. The van der Waals surface area contributed by atoms with Gasteiger partial charge >= 0.3 is 12.1 Å². The predicted molar refractivity (Wildman–Crippen MR) is 63.7 cm³/mol. The molecule has 0 aliphatic carbocycles. The number of carbonyl (C=O) groups is 1. The first-order chi connectivity index (χ1) is 8.86. The zero-order chi connectivity index (χ0) is 14.5. The van der Waals surface area contributed by atoms with Gasteiger partial charge in [0.2, 0.25) is 0 Å². The first-order valence-corrected chi connectivity index (χ1v) is 5.36. The lowest BCUT2D eigenvalue weighted by atomic mass is 10.1. The minimum absolute atomic E-state index is 0.00490. The number of alkyl halides is 3. The number of ether oxygens (including phenoxy) is 2. The molecule has 3 nitrogen and oxygen atoms in total. The van der Waals surface area contributed by atoms with Crippen molar-refractivity contribution in [3.8, 4) is 5.75 Å². The third-order valence-corrected chi connectivity index (χ3v) is 2.31. The molecule has 0 amide bonds. The highest BCUT2D eigenvalue weighted by Crippen LogP contribution is 2.32. The Balaban J connectivity index is 2.98. The molecule has 0 radical (unpaired) electrons. The molecule has 0 saturated heterocycles. The molecule has 6 heteroatoms. The van der Waals surface area contributed by atoms with Crippen molar-refractivity contribution < 1.29 is 27.4 Å². The molecule has 1 rings (SSSR count). The molecule has 0 aliphatic rings. The molecule has 1 aromatic carbocycles. The first-order valence-electron chi connectivity index (χ1n) is 5.36.